The van der Waals surface area contributed by atoms with E-state index in [9.17, 15) is 17.6 Å². The van der Waals surface area contributed by atoms with Gasteiger partial charge in [-0.3, -0.25) is 0 Å². The number of alkyl halides is 3. The standard InChI is InChI=1S/C9H8ClF4N/c1-4-2-5(7(11)3-6(4)10)8(15)9(12,13)14/h2-3,8H,15H2,1H3/t8-/m1/s1. The van der Waals surface area contributed by atoms with Gasteiger partial charge in [0.1, 0.15) is 11.9 Å². The fourth-order valence-electron chi connectivity index (χ4n) is 1.09. The van der Waals surface area contributed by atoms with Gasteiger partial charge in [-0.25, -0.2) is 4.39 Å². The second-order valence-corrected chi connectivity index (χ2v) is 3.55. The quantitative estimate of drug-likeness (QED) is 0.750. The fraction of sp³-hybridized carbons (Fsp3) is 0.333. The molecule has 0 aromatic heterocycles. The molecule has 15 heavy (non-hydrogen) atoms. The molecule has 0 saturated heterocycles. The van der Waals surface area contributed by atoms with Gasteiger partial charge in [-0.1, -0.05) is 11.6 Å². The average molecular weight is 242 g/mol. The zero-order valence-corrected chi connectivity index (χ0v) is 8.46. The Hall–Kier alpha value is -0.810. The predicted octanol–water partition coefficient (Wildman–Crippen LogP) is 3.35. The molecule has 0 spiro atoms. The van der Waals surface area contributed by atoms with Gasteiger partial charge in [-0.05, 0) is 24.6 Å². The maximum absolute atomic E-state index is 13.1. The van der Waals surface area contributed by atoms with Gasteiger partial charge in [0.05, 0.1) is 0 Å². The van der Waals surface area contributed by atoms with E-state index in [-0.39, 0.29) is 5.02 Å². The molecule has 0 bridgehead atoms. The van der Waals surface area contributed by atoms with Crippen molar-refractivity contribution in [1.82, 2.24) is 0 Å². The highest BCUT2D eigenvalue weighted by Gasteiger charge is 2.39. The SMILES string of the molecule is Cc1cc([C@@H](N)C(F)(F)F)c(F)cc1Cl. The molecule has 0 aliphatic heterocycles. The Labute approximate surface area is 88.8 Å². The molecule has 84 valence electrons. The van der Waals surface area contributed by atoms with Crippen molar-refractivity contribution < 1.29 is 17.6 Å². The minimum Gasteiger partial charge on any atom is -0.316 e. The Kier molecular flexibility index (Phi) is 3.25. The molecule has 0 saturated carbocycles. The zero-order chi connectivity index (χ0) is 11.8. The van der Waals surface area contributed by atoms with Crippen LogP contribution >= 0.6 is 11.6 Å². The third-order valence-corrected chi connectivity index (χ3v) is 2.37. The summed E-state index contributed by atoms with van der Waals surface area (Å²) in [6.07, 6.45) is -4.67. The van der Waals surface area contributed by atoms with Gasteiger partial charge < -0.3 is 5.73 Å². The van der Waals surface area contributed by atoms with E-state index in [1.54, 1.807) is 0 Å². The molecule has 0 aliphatic rings. The summed E-state index contributed by atoms with van der Waals surface area (Å²) in [4.78, 5) is 0. The Morgan fingerprint density at radius 1 is 1.33 bits per heavy atom. The lowest BCUT2D eigenvalue weighted by molar-refractivity contribution is -0.149. The van der Waals surface area contributed by atoms with Crippen LogP contribution in [0.1, 0.15) is 17.2 Å². The summed E-state index contributed by atoms with van der Waals surface area (Å²) in [7, 11) is 0. The minimum absolute atomic E-state index is 0.0747. The molecule has 1 nitrogen and oxygen atoms in total. The summed E-state index contributed by atoms with van der Waals surface area (Å²) in [5, 5.41) is 0.0747. The fourth-order valence-corrected chi connectivity index (χ4v) is 1.24. The van der Waals surface area contributed by atoms with E-state index in [0.717, 1.165) is 12.1 Å². The number of nitrogens with two attached hydrogens (primary N) is 1. The monoisotopic (exact) mass is 241 g/mol. The third kappa shape index (κ3) is 2.60. The van der Waals surface area contributed by atoms with E-state index >= 15 is 0 Å². The lowest BCUT2D eigenvalue weighted by Crippen LogP contribution is -2.29. The number of hydrogen-bond donors (Lipinski definition) is 1. The molecule has 0 heterocycles. The molecule has 0 fully saturated rings. The molecule has 2 N–H and O–H groups in total. The van der Waals surface area contributed by atoms with Gasteiger partial charge in [0, 0.05) is 10.6 Å². The number of hydrogen-bond acceptors (Lipinski definition) is 1. The van der Waals surface area contributed by atoms with E-state index in [2.05, 4.69) is 0 Å². The van der Waals surface area contributed by atoms with Crippen molar-refractivity contribution in [1.29, 1.82) is 0 Å². The first-order chi connectivity index (χ1) is 6.73. The van der Waals surface area contributed by atoms with Crippen molar-refractivity contribution in [2.75, 3.05) is 0 Å². The number of rotatable bonds is 1. The van der Waals surface area contributed by atoms with Crippen LogP contribution in [0.3, 0.4) is 0 Å². The third-order valence-electron chi connectivity index (χ3n) is 1.97. The first kappa shape index (κ1) is 12.3. The van der Waals surface area contributed by atoms with Crippen LogP contribution in [0.4, 0.5) is 17.6 Å². The van der Waals surface area contributed by atoms with Gasteiger partial charge in [-0.2, -0.15) is 13.2 Å². The van der Waals surface area contributed by atoms with Crippen molar-refractivity contribution in [2.45, 2.75) is 19.1 Å². The molecule has 0 unspecified atom stereocenters. The van der Waals surface area contributed by atoms with Gasteiger partial charge in [0.15, 0.2) is 0 Å². The highest BCUT2D eigenvalue weighted by atomic mass is 35.5. The zero-order valence-electron chi connectivity index (χ0n) is 7.70. The first-order valence-electron chi connectivity index (χ1n) is 4.01. The van der Waals surface area contributed by atoms with Gasteiger partial charge in [0.2, 0.25) is 0 Å². The topological polar surface area (TPSA) is 26.0 Å². The molecular formula is C9H8ClF4N. The summed E-state index contributed by atoms with van der Waals surface area (Å²) in [5.74, 6) is -1.05. The van der Waals surface area contributed by atoms with Crippen LogP contribution in [0.15, 0.2) is 12.1 Å². The lowest BCUT2D eigenvalue weighted by Gasteiger charge is -2.17. The molecule has 1 aromatic rings. The maximum atomic E-state index is 13.1. The Bertz CT molecular complexity index is 375. The molecule has 6 heteroatoms. The Morgan fingerprint density at radius 3 is 2.33 bits per heavy atom. The van der Waals surface area contributed by atoms with Crippen molar-refractivity contribution in [2.24, 2.45) is 5.73 Å². The number of benzene rings is 1. The highest BCUT2D eigenvalue weighted by Crippen LogP contribution is 2.33. The Balaban J connectivity index is 3.21. The summed E-state index contributed by atoms with van der Waals surface area (Å²) in [6.45, 7) is 1.48. The second kappa shape index (κ2) is 3.98. The lowest BCUT2D eigenvalue weighted by atomic mass is 10.0. The van der Waals surface area contributed by atoms with Gasteiger partial charge in [0.25, 0.3) is 0 Å². The van der Waals surface area contributed by atoms with Crippen LogP contribution in [-0.2, 0) is 0 Å². The van der Waals surface area contributed by atoms with E-state index in [0.29, 0.717) is 5.56 Å². The maximum Gasteiger partial charge on any atom is 0.407 e. The van der Waals surface area contributed by atoms with Crippen LogP contribution in [0, 0.1) is 12.7 Å². The summed E-state index contributed by atoms with van der Waals surface area (Å²) < 4.78 is 49.8. The average Bonchev–Trinajstić information content (AvgIpc) is 2.08. The number of halogens is 5. The molecule has 0 aliphatic carbocycles. The van der Waals surface area contributed by atoms with E-state index < -0.39 is 23.6 Å². The van der Waals surface area contributed by atoms with Crippen LogP contribution in [0.5, 0.6) is 0 Å². The Morgan fingerprint density at radius 2 is 1.87 bits per heavy atom. The van der Waals surface area contributed by atoms with Crippen molar-refractivity contribution in [3.63, 3.8) is 0 Å². The summed E-state index contributed by atoms with van der Waals surface area (Å²) >= 11 is 5.54. The molecule has 1 atom stereocenters. The molecule has 0 radical (unpaired) electrons. The van der Waals surface area contributed by atoms with Crippen molar-refractivity contribution in [3.05, 3.63) is 34.1 Å². The van der Waals surface area contributed by atoms with Crippen LogP contribution in [0.25, 0.3) is 0 Å². The van der Waals surface area contributed by atoms with E-state index in [1.807, 2.05) is 0 Å². The largest absolute Gasteiger partial charge is 0.407 e. The summed E-state index contributed by atoms with van der Waals surface area (Å²) in [5.41, 5.74) is 4.65. The second-order valence-electron chi connectivity index (χ2n) is 3.14. The molecule has 1 aromatic carbocycles. The number of aryl methyl sites for hydroxylation is 1. The van der Waals surface area contributed by atoms with Crippen LogP contribution in [0.2, 0.25) is 5.02 Å². The normalized spacial score (nSPS) is 14.1. The van der Waals surface area contributed by atoms with Gasteiger partial charge in [-0.15, -0.1) is 0 Å². The van der Waals surface area contributed by atoms with Crippen molar-refractivity contribution in [3.8, 4) is 0 Å². The first-order valence-corrected chi connectivity index (χ1v) is 4.39. The highest BCUT2D eigenvalue weighted by molar-refractivity contribution is 6.31. The summed E-state index contributed by atoms with van der Waals surface area (Å²) in [6, 6.07) is -0.485. The van der Waals surface area contributed by atoms with Gasteiger partial charge >= 0.3 is 6.18 Å². The predicted molar refractivity (Wildman–Crippen MR) is 49.1 cm³/mol. The molecule has 1 rings (SSSR count). The smallest absolute Gasteiger partial charge is 0.316 e. The molecule has 0 amide bonds. The van der Waals surface area contributed by atoms with E-state index in [1.165, 1.54) is 6.92 Å². The molecular weight excluding hydrogens is 234 g/mol. The minimum atomic E-state index is -4.67. The van der Waals surface area contributed by atoms with Crippen LogP contribution in [-0.4, -0.2) is 6.18 Å². The van der Waals surface area contributed by atoms with E-state index in [4.69, 9.17) is 17.3 Å². The van der Waals surface area contributed by atoms with Crippen molar-refractivity contribution >= 4 is 11.6 Å². The van der Waals surface area contributed by atoms with Crippen LogP contribution < -0.4 is 5.73 Å².